The SMILES string of the molecule is CCCCC/C=C\C\C=C/C=C/C=C/[C@@H](SC[C@H]([NH3+])C(=O)[O-])[C@@H](O)CCCC(=O)[O-]. The van der Waals surface area contributed by atoms with Gasteiger partial charge in [0.1, 0.15) is 6.04 Å². The molecule has 0 aliphatic heterocycles. The van der Waals surface area contributed by atoms with E-state index in [0.29, 0.717) is 6.42 Å². The van der Waals surface area contributed by atoms with Gasteiger partial charge in [0.15, 0.2) is 0 Å². The minimum Gasteiger partial charge on any atom is -0.550 e. The van der Waals surface area contributed by atoms with Crippen molar-refractivity contribution in [2.75, 3.05) is 5.75 Å². The van der Waals surface area contributed by atoms with Crippen molar-refractivity contribution < 1.29 is 30.6 Å². The first-order chi connectivity index (χ1) is 14.4. The number of hydrogen-bond donors (Lipinski definition) is 2. The van der Waals surface area contributed by atoms with Crippen LogP contribution in [0.25, 0.3) is 0 Å². The van der Waals surface area contributed by atoms with E-state index in [9.17, 15) is 24.9 Å². The maximum absolute atomic E-state index is 10.8. The summed E-state index contributed by atoms with van der Waals surface area (Å²) in [6, 6.07) is -0.880. The van der Waals surface area contributed by atoms with Gasteiger partial charge in [-0.3, -0.25) is 0 Å². The summed E-state index contributed by atoms with van der Waals surface area (Å²) in [4.78, 5) is 21.4. The molecule has 0 spiro atoms. The minimum absolute atomic E-state index is 0.118. The van der Waals surface area contributed by atoms with Gasteiger partial charge in [0.2, 0.25) is 0 Å². The molecule has 170 valence electrons. The average molecular weight is 439 g/mol. The summed E-state index contributed by atoms with van der Waals surface area (Å²) < 4.78 is 0. The van der Waals surface area contributed by atoms with E-state index >= 15 is 0 Å². The van der Waals surface area contributed by atoms with E-state index in [-0.39, 0.29) is 23.8 Å². The minimum atomic E-state index is -1.24. The van der Waals surface area contributed by atoms with Crippen LogP contribution in [0.2, 0.25) is 0 Å². The largest absolute Gasteiger partial charge is 0.550 e. The highest BCUT2D eigenvalue weighted by Gasteiger charge is 2.19. The van der Waals surface area contributed by atoms with Crippen LogP contribution in [0.3, 0.4) is 0 Å². The Morgan fingerprint density at radius 3 is 2.43 bits per heavy atom. The van der Waals surface area contributed by atoms with Crippen LogP contribution in [0.4, 0.5) is 0 Å². The Morgan fingerprint density at radius 2 is 1.77 bits per heavy atom. The second-order valence-corrected chi connectivity index (χ2v) is 8.26. The zero-order valence-electron chi connectivity index (χ0n) is 17.9. The molecule has 0 bridgehead atoms. The monoisotopic (exact) mass is 438 g/mol. The third-order valence-corrected chi connectivity index (χ3v) is 5.72. The van der Waals surface area contributed by atoms with E-state index in [4.69, 9.17) is 0 Å². The third kappa shape index (κ3) is 17.1. The number of carboxylic acid groups (broad SMARTS) is 2. The van der Waals surface area contributed by atoms with Crippen LogP contribution < -0.4 is 15.9 Å². The number of hydrogen-bond acceptors (Lipinski definition) is 6. The summed E-state index contributed by atoms with van der Waals surface area (Å²) in [6.45, 7) is 2.19. The normalized spacial score (nSPS) is 15.4. The molecule has 0 unspecified atom stereocenters. The number of unbranched alkanes of at least 4 members (excludes halogenated alkanes) is 3. The number of aliphatic hydroxyl groups is 1. The molecule has 7 heteroatoms. The first-order valence-corrected chi connectivity index (χ1v) is 11.6. The number of rotatable bonds is 18. The molecule has 0 radical (unpaired) electrons. The lowest BCUT2D eigenvalue weighted by atomic mass is 10.1. The van der Waals surface area contributed by atoms with Crippen LogP contribution in [0.1, 0.15) is 58.3 Å². The van der Waals surface area contributed by atoms with Gasteiger partial charge in [-0.15, -0.1) is 11.8 Å². The Bertz CT molecular complexity index is 586. The molecule has 0 aliphatic rings. The van der Waals surface area contributed by atoms with E-state index in [1.165, 1.54) is 31.0 Å². The molecule has 4 N–H and O–H groups in total. The molecule has 0 aromatic heterocycles. The molecule has 0 amide bonds. The van der Waals surface area contributed by atoms with Crippen molar-refractivity contribution in [3.63, 3.8) is 0 Å². The molecule has 0 fully saturated rings. The highest BCUT2D eigenvalue weighted by atomic mass is 32.2. The fourth-order valence-electron chi connectivity index (χ4n) is 2.47. The first kappa shape index (κ1) is 28.2. The van der Waals surface area contributed by atoms with Gasteiger partial charge in [-0.25, -0.2) is 0 Å². The smallest absolute Gasteiger partial charge is 0.134 e. The summed E-state index contributed by atoms with van der Waals surface area (Å²) in [5.74, 6) is -2.19. The highest BCUT2D eigenvalue weighted by molar-refractivity contribution is 8.00. The number of quaternary nitrogens is 1. The molecular formula is C23H36NO5S-. The molecule has 0 saturated heterocycles. The van der Waals surface area contributed by atoms with Crippen LogP contribution in [-0.2, 0) is 9.59 Å². The van der Waals surface area contributed by atoms with Crippen molar-refractivity contribution in [3.8, 4) is 0 Å². The molecule has 30 heavy (non-hydrogen) atoms. The Kier molecular flexibility index (Phi) is 18.0. The molecule has 0 rings (SSSR count). The maximum Gasteiger partial charge on any atom is 0.134 e. The molecule has 3 atom stereocenters. The predicted molar refractivity (Wildman–Crippen MR) is 118 cm³/mol. The van der Waals surface area contributed by atoms with Gasteiger partial charge in [-0.2, -0.15) is 0 Å². The fourth-order valence-corrected chi connectivity index (χ4v) is 3.62. The molecular weight excluding hydrogens is 402 g/mol. The highest BCUT2D eigenvalue weighted by Crippen LogP contribution is 2.20. The molecule has 6 nitrogen and oxygen atoms in total. The fraction of sp³-hybridized carbons (Fsp3) is 0.565. The average Bonchev–Trinajstić information content (AvgIpc) is 2.70. The lowest BCUT2D eigenvalue weighted by Gasteiger charge is -2.20. The quantitative estimate of drug-likeness (QED) is 0.186. The van der Waals surface area contributed by atoms with Crippen LogP contribution in [0.5, 0.6) is 0 Å². The molecule has 0 aliphatic carbocycles. The summed E-state index contributed by atoms with van der Waals surface area (Å²) >= 11 is 1.26. The van der Waals surface area contributed by atoms with Crippen molar-refractivity contribution in [2.45, 2.75) is 75.7 Å². The van der Waals surface area contributed by atoms with E-state index < -0.39 is 24.1 Å². The summed E-state index contributed by atoms with van der Waals surface area (Å²) in [5, 5.41) is 31.3. The van der Waals surface area contributed by atoms with Gasteiger partial charge in [0.25, 0.3) is 0 Å². The predicted octanol–water partition coefficient (Wildman–Crippen LogP) is 0.925. The topological polar surface area (TPSA) is 128 Å². The van der Waals surface area contributed by atoms with Gasteiger partial charge in [0.05, 0.1) is 17.8 Å². The van der Waals surface area contributed by atoms with Crippen molar-refractivity contribution in [2.24, 2.45) is 0 Å². The number of aliphatic hydroxyl groups excluding tert-OH is 1. The number of carbonyl (C=O) groups excluding carboxylic acids is 2. The second kappa shape index (κ2) is 19.2. The standard InChI is InChI=1S/C23H37NO5S/c1-2-3-4-5-6-7-8-9-10-11-12-13-16-21(30-18-19(24)23(28)29)20(25)15-14-17-22(26)27/h6-7,9-13,16,19-21,25H,2-5,8,14-15,17-18,24H2,1H3,(H,26,27)(H,28,29)/p-1/b7-6-,10-9-,12-11+,16-13+/t19-,20-,21+/m0/s1. The lowest BCUT2D eigenvalue weighted by Crippen LogP contribution is -2.69. The first-order valence-electron chi connectivity index (χ1n) is 10.6. The van der Waals surface area contributed by atoms with Crippen LogP contribution in [-0.4, -0.2) is 40.2 Å². The van der Waals surface area contributed by atoms with Crippen LogP contribution in [0.15, 0.2) is 48.6 Å². The van der Waals surface area contributed by atoms with Crippen molar-refractivity contribution in [3.05, 3.63) is 48.6 Å². The van der Waals surface area contributed by atoms with Gasteiger partial charge < -0.3 is 30.6 Å². The number of thioether (sulfide) groups is 1. The van der Waals surface area contributed by atoms with Crippen molar-refractivity contribution >= 4 is 23.7 Å². The Hall–Kier alpha value is -1.83. The van der Waals surface area contributed by atoms with Gasteiger partial charge >= 0.3 is 0 Å². The van der Waals surface area contributed by atoms with Crippen LogP contribution >= 0.6 is 11.8 Å². The lowest BCUT2D eigenvalue weighted by molar-refractivity contribution is -0.431. The van der Waals surface area contributed by atoms with E-state index in [0.717, 1.165) is 12.8 Å². The number of aliphatic carboxylic acids is 2. The number of carbonyl (C=O) groups is 2. The van der Waals surface area contributed by atoms with E-state index in [1.807, 2.05) is 18.2 Å². The molecule has 0 aromatic carbocycles. The second-order valence-electron chi connectivity index (χ2n) is 7.05. The molecule has 0 heterocycles. The summed E-state index contributed by atoms with van der Waals surface area (Å²) in [6.07, 6.45) is 21.1. The molecule has 0 saturated carbocycles. The van der Waals surface area contributed by atoms with E-state index in [2.05, 4.69) is 30.9 Å². The molecule has 0 aromatic rings. The van der Waals surface area contributed by atoms with Crippen LogP contribution in [0, 0.1) is 0 Å². The summed E-state index contributed by atoms with van der Waals surface area (Å²) in [5.41, 5.74) is 3.52. The number of allylic oxidation sites excluding steroid dienone is 7. The Labute approximate surface area is 184 Å². The third-order valence-electron chi connectivity index (χ3n) is 4.27. The van der Waals surface area contributed by atoms with Crippen molar-refractivity contribution in [1.82, 2.24) is 0 Å². The number of carboxylic acids is 2. The van der Waals surface area contributed by atoms with E-state index in [1.54, 1.807) is 12.2 Å². The Morgan fingerprint density at radius 1 is 1.03 bits per heavy atom. The zero-order chi connectivity index (χ0) is 22.6. The Balaban J connectivity index is 4.51. The maximum atomic E-state index is 10.8. The zero-order valence-corrected chi connectivity index (χ0v) is 18.7. The summed E-state index contributed by atoms with van der Waals surface area (Å²) in [7, 11) is 0. The van der Waals surface area contributed by atoms with Gasteiger partial charge in [-0.1, -0.05) is 68.4 Å². The van der Waals surface area contributed by atoms with Crippen molar-refractivity contribution in [1.29, 1.82) is 0 Å². The van der Waals surface area contributed by atoms with Gasteiger partial charge in [-0.05, 0) is 38.5 Å². The van der Waals surface area contributed by atoms with Gasteiger partial charge in [0, 0.05) is 11.2 Å².